The van der Waals surface area contributed by atoms with Crippen LogP contribution in [0.25, 0.3) is 5.69 Å². The number of alkyl halides is 3. The summed E-state index contributed by atoms with van der Waals surface area (Å²) in [5.41, 5.74) is 0.199. The highest BCUT2D eigenvalue weighted by Crippen LogP contribution is 2.33. The Labute approximate surface area is 208 Å². The van der Waals surface area contributed by atoms with Crippen LogP contribution in [-0.4, -0.2) is 44.6 Å². The maximum Gasteiger partial charge on any atom is 0.425 e. The fraction of sp³-hybridized carbons (Fsp3) is 0.391. The van der Waals surface area contributed by atoms with Gasteiger partial charge in [-0.05, 0) is 38.3 Å². The highest BCUT2D eigenvalue weighted by Gasteiger charge is 2.39. The number of hydrogen-bond acceptors (Lipinski definition) is 6. The van der Waals surface area contributed by atoms with E-state index in [0.29, 0.717) is 35.9 Å². The molecule has 0 unspecified atom stereocenters. The van der Waals surface area contributed by atoms with Crippen molar-refractivity contribution in [1.29, 1.82) is 0 Å². The molecule has 1 atom stereocenters. The highest BCUT2D eigenvalue weighted by molar-refractivity contribution is 6.33. The molecule has 0 radical (unpaired) electrons. The zero-order chi connectivity index (χ0) is 26.2. The normalized spacial score (nSPS) is 14.2. The average Bonchev–Trinajstić information content (AvgIpc) is 3.16. The van der Waals surface area contributed by atoms with E-state index in [1.54, 1.807) is 13.0 Å². The molecule has 1 aliphatic rings. The number of hydrogen-bond donors (Lipinski definition) is 1. The molecule has 2 aromatic heterocycles. The number of rotatable bonds is 6. The Morgan fingerprint density at radius 2 is 2.00 bits per heavy atom. The molecule has 0 bridgehead atoms. The monoisotopic (exact) mass is 525 g/mol. The van der Waals surface area contributed by atoms with E-state index in [4.69, 9.17) is 21.1 Å². The van der Waals surface area contributed by atoms with Crippen LogP contribution in [0.5, 0.6) is 11.6 Å². The molecule has 0 spiro atoms. The van der Waals surface area contributed by atoms with E-state index in [1.165, 1.54) is 17.9 Å². The second kappa shape index (κ2) is 9.84. The van der Waals surface area contributed by atoms with Crippen LogP contribution < -0.4 is 20.5 Å². The third-order valence-corrected chi connectivity index (χ3v) is 6.10. The Balaban J connectivity index is 1.77. The van der Waals surface area contributed by atoms with Crippen LogP contribution in [0, 0.1) is 6.92 Å². The number of fused-ring (bicyclic) bond motifs is 1. The number of ether oxygens (including phenoxy) is 2. The van der Waals surface area contributed by atoms with Gasteiger partial charge in [0.1, 0.15) is 11.6 Å². The maximum absolute atomic E-state index is 13.3. The standard InChI is InChI=1S/C23H23ClF3N5O4/c1-12-8-20(35-3)28-11-16(12)29-21(33)14-9-15(24)17(10-18(14)36-13(2)23(25,26)27)32-22(34)31-7-5-4-6-19(31)30-32/h8-11,13H,4-7H2,1-3H3,(H,29,33)/t13-/m0/s1. The number of methoxy groups -OCH3 is 1. The first-order valence-corrected chi connectivity index (χ1v) is 11.5. The van der Waals surface area contributed by atoms with Crippen molar-refractivity contribution < 1.29 is 27.4 Å². The summed E-state index contributed by atoms with van der Waals surface area (Å²) in [4.78, 5) is 30.0. The van der Waals surface area contributed by atoms with Gasteiger partial charge in [0.2, 0.25) is 5.88 Å². The minimum absolute atomic E-state index is 0.00628. The summed E-state index contributed by atoms with van der Waals surface area (Å²) in [5, 5.41) is 6.85. The van der Waals surface area contributed by atoms with Gasteiger partial charge in [0.15, 0.2) is 6.10 Å². The smallest absolute Gasteiger partial charge is 0.425 e. The van der Waals surface area contributed by atoms with Gasteiger partial charge in [-0.25, -0.2) is 9.78 Å². The van der Waals surface area contributed by atoms with E-state index in [1.807, 2.05) is 0 Å². The number of nitrogens with zero attached hydrogens (tertiary/aromatic N) is 4. The molecule has 4 rings (SSSR count). The molecule has 0 saturated heterocycles. The van der Waals surface area contributed by atoms with Gasteiger partial charge >= 0.3 is 11.9 Å². The summed E-state index contributed by atoms with van der Waals surface area (Å²) < 4.78 is 52.7. The summed E-state index contributed by atoms with van der Waals surface area (Å²) in [6.45, 7) is 3.00. The minimum Gasteiger partial charge on any atom is -0.481 e. The number of nitrogens with one attached hydrogen (secondary N) is 1. The lowest BCUT2D eigenvalue weighted by Gasteiger charge is -2.21. The highest BCUT2D eigenvalue weighted by atomic mass is 35.5. The SMILES string of the molecule is COc1cc(C)c(NC(=O)c2cc(Cl)c(-n3nc4n(c3=O)CCCC4)cc2O[C@@H](C)C(F)(F)F)cn1. The predicted octanol–water partition coefficient (Wildman–Crippen LogP) is 4.32. The molecule has 1 aromatic carbocycles. The van der Waals surface area contributed by atoms with Gasteiger partial charge in [-0.15, -0.1) is 5.10 Å². The Kier molecular flexibility index (Phi) is 6.98. The van der Waals surface area contributed by atoms with Gasteiger partial charge in [0.05, 0.1) is 35.3 Å². The molecule has 0 aliphatic carbocycles. The van der Waals surface area contributed by atoms with E-state index in [9.17, 15) is 22.8 Å². The van der Waals surface area contributed by atoms with E-state index in [2.05, 4.69) is 15.4 Å². The molecule has 0 fully saturated rings. The van der Waals surface area contributed by atoms with Crippen molar-refractivity contribution in [3.8, 4) is 17.3 Å². The lowest BCUT2D eigenvalue weighted by Crippen LogP contribution is -2.32. The molecule has 192 valence electrons. The minimum atomic E-state index is -4.70. The largest absolute Gasteiger partial charge is 0.481 e. The number of halogens is 4. The van der Waals surface area contributed by atoms with E-state index < -0.39 is 29.6 Å². The number of amides is 1. The zero-order valence-electron chi connectivity index (χ0n) is 19.6. The number of carbonyl (C=O) groups excluding carboxylic acids is 1. The van der Waals surface area contributed by atoms with Crippen molar-refractivity contribution in [2.75, 3.05) is 12.4 Å². The van der Waals surface area contributed by atoms with Gasteiger partial charge in [0, 0.05) is 25.1 Å². The lowest BCUT2D eigenvalue weighted by atomic mass is 10.1. The van der Waals surface area contributed by atoms with Crippen LogP contribution in [0.15, 0.2) is 29.2 Å². The second-order valence-electron chi connectivity index (χ2n) is 8.32. The quantitative estimate of drug-likeness (QED) is 0.514. The van der Waals surface area contributed by atoms with Crippen molar-refractivity contribution >= 4 is 23.2 Å². The van der Waals surface area contributed by atoms with Crippen molar-refractivity contribution in [2.24, 2.45) is 0 Å². The van der Waals surface area contributed by atoms with E-state index in [-0.39, 0.29) is 16.3 Å². The average molecular weight is 526 g/mol. The number of benzene rings is 1. The van der Waals surface area contributed by atoms with Crippen LogP contribution in [0.3, 0.4) is 0 Å². The van der Waals surface area contributed by atoms with Crippen molar-refractivity contribution in [3.05, 3.63) is 56.9 Å². The maximum atomic E-state index is 13.3. The van der Waals surface area contributed by atoms with Crippen LogP contribution >= 0.6 is 11.6 Å². The second-order valence-corrected chi connectivity index (χ2v) is 8.72. The molecule has 0 saturated carbocycles. The first-order valence-electron chi connectivity index (χ1n) is 11.1. The van der Waals surface area contributed by atoms with Gasteiger partial charge in [-0.2, -0.15) is 17.9 Å². The number of aryl methyl sites for hydroxylation is 2. The van der Waals surface area contributed by atoms with Gasteiger partial charge in [-0.3, -0.25) is 9.36 Å². The Morgan fingerprint density at radius 3 is 2.64 bits per heavy atom. The molecule has 13 heteroatoms. The van der Waals surface area contributed by atoms with Crippen LogP contribution in [0.1, 0.15) is 41.5 Å². The van der Waals surface area contributed by atoms with Crippen molar-refractivity contribution in [1.82, 2.24) is 19.3 Å². The molecule has 3 heterocycles. The summed E-state index contributed by atoms with van der Waals surface area (Å²) in [6, 6.07) is 3.86. The third kappa shape index (κ3) is 5.03. The first kappa shape index (κ1) is 25.5. The van der Waals surface area contributed by atoms with Gasteiger partial charge < -0.3 is 14.8 Å². The molecule has 1 aliphatic heterocycles. The molecule has 9 nitrogen and oxygen atoms in total. The van der Waals surface area contributed by atoms with Gasteiger partial charge in [0.25, 0.3) is 5.91 Å². The van der Waals surface area contributed by atoms with Crippen molar-refractivity contribution in [2.45, 2.75) is 51.9 Å². The predicted molar refractivity (Wildman–Crippen MR) is 125 cm³/mol. The molecule has 36 heavy (non-hydrogen) atoms. The Hall–Kier alpha value is -3.54. The van der Waals surface area contributed by atoms with Crippen LogP contribution in [-0.2, 0) is 13.0 Å². The number of anilines is 1. The van der Waals surface area contributed by atoms with E-state index >= 15 is 0 Å². The fourth-order valence-corrected chi connectivity index (χ4v) is 4.00. The van der Waals surface area contributed by atoms with Crippen LogP contribution in [0.2, 0.25) is 5.02 Å². The first-order chi connectivity index (χ1) is 17.0. The summed E-state index contributed by atoms with van der Waals surface area (Å²) >= 11 is 6.42. The fourth-order valence-electron chi connectivity index (χ4n) is 3.76. The summed E-state index contributed by atoms with van der Waals surface area (Å²) in [7, 11) is 1.44. The number of pyridine rings is 1. The van der Waals surface area contributed by atoms with Gasteiger partial charge in [-0.1, -0.05) is 11.6 Å². The van der Waals surface area contributed by atoms with E-state index in [0.717, 1.165) is 36.6 Å². The summed E-state index contributed by atoms with van der Waals surface area (Å²) in [5.74, 6) is -0.306. The molecule has 1 amide bonds. The van der Waals surface area contributed by atoms with Crippen molar-refractivity contribution in [3.63, 3.8) is 0 Å². The Bertz CT molecular complexity index is 1370. The topological polar surface area (TPSA) is 100 Å². The molecular formula is C23H23ClF3N5O4. The number of carbonyl (C=O) groups is 1. The lowest BCUT2D eigenvalue weighted by molar-refractivity contribution is -0.189. The summed E-state index contributed by atoms with van der Waals surface area (Å²) in [6.07, 6.45) is -3.33. The van der Waals surface area contributed by atoms with Crippen LogP contribution in [0.4, 0.5) is 18.9 Å². The Morgan fingerprint density at radius 1 is 1.25 bits per heavy atom. The number of aromatic nitrogens is 4. The molecular weight excluding hydrogens is 503 g/mol. The third-order valence-electron chi connectivity index (χ3n) is 5.80. The zero-order valence-corrected chi connectivity index (χ0v) is 20.4. The molecule has 3 aromatic rings. The molecule has 1 N–H and O–H groups in total.